The number of rotatable bonds is 2. The Bertz CT molecular complexity index is 448. The summed E-state index contributed by atoms with van der Waals surface area (Å²) in [6, 6.07) is 5.77. The van der Waals surface area contributed by atoms with E-state index in [9.17, 15) is 4.79 Å². The highest BCUT2D eigenvalue weighted by Gasteiger charge is 2.22. The zero-order valence-electron chi connectivity index (χ0n) is 11.8. The van der Waals surface area contributed by atoms with Crippen molar-refractivity contribution in [2.45, 2.75) is 32.8 Å². The maximum Gasteiger partial charge on any atom is 0.338 e. The lowest BCUT2D eigenvalue weighted by molar-refractivity contribution is 0.0108. The number of carbonyl (C=O) groups excluding carboxylic acids is 1. The molecule has 2 rings (SSSR count). The third-order valence-electron chi connectivity index (χ3n) is 3.68. The fraction of sp³-hybridized carbons (Fsp3) is 0.533. The van der Waals surface area contributed by atoms with Gasteiger partial charge < -0.3 is 9.64 Å². The number of nitrogens with zero attached hydrogens (tertiary/aromatic N) is 1. The minimum Gasteiger partial charge on any atom is -0.457 e. The molecule has 1 saturated heterocycles. The highest BCUT2D eigenvalue weighted by atomic mass is 35.5. The second kappa shape index (κ2) is 6.92. The van der Waals surface area contributed by atoms with Crippen molar-refractivity contribution in [1.82, 2.24) is 4.90 Å². The molecule has 3 nitrogen and oxygen atoms in total. The SMILES string of the molecule is Cc1cccc(C(=O)OC2CCCN(C)C2)c1C.Cl. The van der Waals surface area contributed by atoms with Crippen LogP contribution in [0.1, 0.15) is 34.3 Å². The van der Waals surface area contributed by atoms with Crippen LogP contribution in [0.25, 0.3) is 0 Å². The second-order valence-corrected chi connectivity index (χ2v) is 5.18. The molecular formula is C15H22ClNO2. The third kappa shape index (κ3) is 3.95. The van der Waals surface area contributed by atoms with Gasteiger partial charge in [-0.2, -0.15) is 0 Å². The fourth-order valence-electron chi connectivity index (χ4n) is 2.40. The van der Waals surface area contributed by atoms with Gasteiger partial charge >= 0.3 is 5.97 Å². The van der Waals surface area contributed by atoms with Crippen LogP contribution in [0.15, 0.2) is 18.2 Å². The van der Waals surface area contributed by atoms with Gasteiger partial charge in [0.2, 0.25) is 0 Å². The van der Waals surface area contributed by atoms with Gasteiger partial charge in [0.05, 0.1) is 5.56 Å². The third-order valence-corrected chi connectivity index (χ3v) is 3.68. The van der Waals surface area contributed by atoms with Crippen LogP contribution in [0.5, 0.6) is 0 Å². The Morgan fingerprint density at radius 2 is 2.11 bits per heavy atom. The Kier molecular flexibility index (Phi) is 5.83. The molecule has 1 unspecified atom stereocenters. The van der Waals surface area contributed by atoms with E-state index in [1.54, 1.807) is 0 Å². The van der Waals surface area contributed by atoms with Crippen molar-refractivity contribution in [1.29, 1.82) is 0 Å². The minimum absolute atomic E-state index is 0. The molecule has 4 heteroatoms. The van der Waals surface area contributed by atoms with Crippen molar-refractivity contribution < 1.29 is 9.53 Å². The lowest BCUT2D eigenvalue weighted by Gasteiger charge is -2.29. The summed E-state index contributed by atoms with van der Waals surface area (Å²) in [6.45, 7) is 5.92. The van der Waals surface area contributed by atoms with E-state index in [2.05, 4.69) is 11.9 Å². The standard InChI is InChI=1S/C15H21NO2.ClH/c1-11-6-4-8-14(12(11)2)15(17)18-13-7-5-9-16(3)10-13;/h4,6,8,13H,5,7,9-10H2,1-3H3;1H. The monoisotopic (exact) mass is 283 g/mol. The summed E-state index contributed by atoms with van der Waals surface area (Å²) in [5.41, 5.74) is 2.85. The highest BCUT2D eigenvalue weighted by molar-refractivity contribution is 5.91. The Morgan fingerprint density at radius 1 is 1.37 bits per heavy atom. The largest absolute Gasteiger partial charge is 0.457 e. The predicted octanol–water partition coefficient (Wildman–Crippen LogP) is 2.98. The topological polar surface area (TPSA) is 29.5 Å². The van der Waals surface area contributed by atoms with Gasteiger partial charge in [-0.15, -0.1) is 12.4 Å². The van der Waals surface area contributed by atoms with Crippen LogP contribution in [0.4, 0.5) is 0 Å². The normalized spacial score (nSPS) is 19.6. The number of benzene rings is 1. The molecule has 0 aromatic heterocycles. The van der Waals surface area contributed by atoms with Crippen LogP contribution >= 0.6 is 12.4 Å². The van der Waals surface area contributed by atoms with Crippen molar-refractivity contribution in [2.24, 2.45) is 0 Å². The van der Waals surface area contributed by atoms with Crippen LogP contribution in [0, 0.1) is 13.8 Å². The first-order valence-corrected chi connectivity index (χ1v) is 6.53. The molecule has 1 fully saturated rings. The zero-order chi connectivity index (χ0) is 13.1. The number of esters is 1. The molecule has 0 aliphatic carbocycles. The number of halogens is 1. The zero-order valence-corrected chi connectivity index (χ0v) is 12.6. The molecule has 1 aromatic rings. The van der Waals surface area contributed by atoms with Crippen LogP contribution in [-0.4, -0.2) is 37.1 Å². The molecule has 0 N–H and O–H groups in total. The first-order valence-electron chi connectivity index (χ1n) is 6.53. The molecule has 1 aliphatic rings. The minimum atomic E-state index is -0.184. The first-order chi connectivity index (χ1) is 8.58. The number of hydrogen-bond donors (Lipinski definition) is 0. The Hall–Kier alpha value is -1.06. The summed E-state index contributed by atoms with van der Waals surface area (Å²) in [6.07, 6.45) is 2.11. The molecule has 0 saturated carbocycles. The number of piperidine rings is 1. The van der Waals surface area contributed by atoms with Crippen LogP contribution in [0.3, 0.4) is 0 Å². The number of aryl methyl sites for hydroxylation is 1. The van der Waals surface area contributed by atoms with Gasteiger partial charge in [0.1, 0.15) is 6.10 Å². The molecule has 1 aromatic carbocycles. The average Bonchev–Trinajstić information content (AvgIpc) is 2.32. The maximum absolute atomic E-state index is 12.2. The van der Waals surface area contributed by atoms with E-state index in [1.165, 1.54) is 0 Å². The van der Waals surface area contributed by atoms with E-state index in [0.717, 1.165) is 37.1 Å². The predicted molar refractivity (Wildman–Crippen MR) is 79.1 cm³/mol. The number of likely N-dealkylation sites (N-methyl/N-ethyl adjacent to an activating group) is 1. The Morgan fingerprint density at radius 3 is 2.79 bits per heavy atom. The summed E-state index contributed by atoms with van der Waals surface area (Å²) in [5.74, 6) is -0.184. The molecule has 0 bridgehead atoms. The molecule has 0 spiro atoms. The summed E-state index contributed by atoms with van der Waals surface area (Å²) in [4.78, 5) is 14.4. The van der Waals surface area contributed by atoms with Gasteiger partial charge in [-0.25, -0.2) is 4.79 Å². The average molecular weight is 284 g/mol. The smallest absolute Gasteiger partial charge is 0.338 e. The molecule has 1 heterocycles. The Balaban J connectivity index is 0.00000180. The molecule has 19 heavy (non-hydrogen) atoms. The van der Waals surface area contributed by atoms with E-state index in [-0.39, 0.29) is 24.5 Å². The number of ether oxygens (including phenoxy) is 1. The van der Waals surface area contributed by atoms with Crippen molar-refractivity contribution in [3.63, 3.8) is 0 Å². The quantitative estimate of drug-likeness (QED) is 0.782. The molecular weight excluding hydrogens is 262 g/mol. The number of carbonyl (C=O) groups is 1. The molecule has 0 amide bonds. The first kappa shape index (κ1) is 16.0. The van der Waals surface area contributed by atoms with Gasteiger partial charge in [-0.05, 0) is 57.5 Å². The van der Waals surface area contributed by atoms with E-state index < -0.39 is 0 Å². The lowest BCUT2D eigenvalue weighted by atomic mass is 10.0. The Labute approximate surface area is 121 Å². The van der Waals surface area contributed by atoms with E-state index in [1.807, 2.05) is 32.0 Å². The summed E-state index contributed by atoms with van der Waals surface area (Å²) < 4.78 is 5.60. The summed E-state index contributed by atoms with van der Waals surface area (Å²) in [5, 5.41) is 0. The van der Waals surface area contributed by atoms with Crippen LogP contribution in [-0.2, 0) is 4.74 Å². The van der Waals surface area contributed by atoms with E-state index in [4.69, 9.17) is 4.74 Å². The van der Waals surface area contributed by atoms with E-state index in [0.29, 0.717) is 5.56 Å². The summed E-state index contributed by atoms with van der Waals surface area (Å²) >= 11 is 0. The molecule has 1 atom stereocenters. The number of likely N-dealkylation sites (tertiary alicyclic amines) is 1. The number of hydrogen-bond acceptors (Lipinski definition) is 3. The maximum atomic E-state index is 12.2. The second-order valence-electron chi connectivity index (χ2n) is 5.18. The molecule has 0 radical (unpaired) electrons. The van der Waals surface area contributed by atoms with Crippen LogP contribution < -0.4 is 0 Å². The van der Waals surface area contributed by atoms with Crippen molar-refractivity contribution in [3.05, 3.63) is 34.9 Å². The van der Waals surface area contributed by atoms with Crippen molar-refractivity contribution in [3.8, 4) is 0 Å². The van der Waals surface area contributed by atoms with Gasteiger partial charge in [-0.3, -0.25) is 0 Å². The highest BCUT2D eigenvalue weighted by Crippen LogP contribution is 2.17. The lowest BCUT2D eigenvalue weighted by Crippen LogP contribution is -2.38. The van der Waals surface area contributed by atoms with Crippen molar-refractivity contribution in [2.75, 3.05) is 20.1 Å². The fourth-order valence-corrected chi connectivity index (χ4v) is 2.40. The molecule has 106 valence electrons. The van der Waals surface area contributed by atoms with Gasteiger partial charge in [0.25, 0.3) is 0 Å². The van der Waals surface area contributed by atoms with Gasteiger partial charge in [0.15, 0.2) is 0 Å². The summed E-state index contributed by atoms with van der Waals surface area (Å²) in [7, 11) is 2.07. The van der Waals surface area contributed by atoms with Crippen LogP contribution in [0.2, 0.25) is 0 Å². The van der Waals surface area contributed by atoms with Gasteiger partial charge in [-0.1, -0.05) is 12.1 Å². The van der Waals surface area contributed by atoms with Crippen molar-refractivity contribution >= 4 is 18.4 Å². The van der Waals surface area contributed by atoms with Gasteiger partial charge in [0, 0.05) is 6.54 Å². The van der Waals surface area contributed by atoms with E-state index >= 15 is 0 Å². The molecule has 1 aliphatic heterocycles.